The first-order chi connectivity index (χ1) is 9.62. The summed E-state index contributed by atoms with van der Waals surface area (Å²) in [6.07, 6.45) is 10.8. The van der Waals surface area contributed by atoms with Crippen molar-refractivity contribution in [2.24, 2.45) is 5.73 Å². The molecule has 0 bridgehead atoms. The van der Waals surface area contributed by atoms with Crippen molar-refractivity contribution in [1.82, 2.24) is 14.9 Å². The molecule has 1 aliphatic rings. The summed E-state index contributed by atoms with van der Waals surface area (Å²) in [6, 6.07) is 0. The van der Waals surface area contributed by atoms with E-state index in [4.69, 9.17) is 5.73 Å². The number of hydrogen-bond donors (Lipinski definition) is 2. The summed E-state index contributed by atoms with van der Waals surface area (Å²) in [4.78, 5) is 16.3. The summed E-state index contributed by atoms with van der Waals surface area (Å²) in [5.41, 5.74) is 5.58. The number of unbranched alkanes of at least 4 members (excludes halogenated alkanes) is 1. The zero-order valence-corrected chi connectivity index (χ0v) is 12.4. The summed E-state index contributed by atoms with van der Waals surface area (Å²) in [5.74, 6) is 1.08. The molecule has 1 saturated carbocycles. The van der Waals surface area contributed by atoms with Crippen molar-refractivity contribution in [3.63, 3.8) is 0 Å². The van der Waals surface area contributed by atoms with Gasteiger partial charge in [-0.25, -0.2) is 4.98 Å². The fourth-order valence-corrected chi connectivity index (χ4v) is 2.83. The smallest absolute Gasteiger partial charge is 0.240 e. The van der Waals surface area contributed by atoms with Crippen LogP contribution in [0.15, 0.2) is 12.4 Å². The second kappa shape index (κ2) is 6.88. The van der Waals surface area contributed by atoms with Crippen LogP contribution in [0.1, 0.15) is 50.8 Å². The second-order valence-corrected chi connectivity index (χ2v) is 5.85. The van der Waals surface area contributed by atoms with E-state index in [0.717, 1.165) is 50.9 Å². The van der Waals surface area contributed by atoms with Crippen LogP contribution < -0.4 is 11.1 Å². The van der Waals surface area contributed by atoms with Gasteiger partial charge in [0.2, 0.25) is 5.91 Å². The minimum atomic E-state index is -0.612. The van der Waals surface area contributed by atoms with Gasteiger partial charge in [-0.2, -0.15) is 0 Å². The molecule has 1 amide bonds. The molecule has 112 valence electrons. The standard InChI is InChI=1S/C15H26N4O/c1-13-17-10-12-19(13)11-6-5-9-18-14(20)15(16)7-3-2-4-8-15/h10,12H,2-9,11,16H2,1H3,(H,18,20). The van der Waals surface area contributed by atoms with Gasteiger partial charge in [-0.3, -0.25) is 4.79 Å². The number of imidazole rings is 1. The number of carbonyl (C=O) groups is 1. The first kappa shape index (κ1) is 15.0. The monoisotopic (exact) mass is 278 g/mol. The molecule has 0 unspecified atom stereocenters. The third-order valence-electron chi connectivity index (χ3n) is 4.23. The number of aromatic nitrogens is 2. The van der Waals surface area contributed by atoms with Gasteiger partial charge in [-0.15, -0.1) is 0 Å². The Kier molecular flexibility index (Phi) is 5.17. The van der Waals surface area contributed by atoms with E-state index in [2.05, 4.69) is 14.9 Å². The molecule has 20 heavy (non-hydrogen) atoms. The summed E-state index contributed by atoms with van der Waals surface area (Å²) < 4.78 is 2.13. The van der Waals surface area contributed by atoms with E-state index in [1.165, 1.54) is 6.42 Å². The summed E-state index contributed by atoms with van der Waals surface area (Å²) in [6.45, 7) is 3.67. The molecule has 5 nitrogen and oxygen atoms in total. The fraction of sp³-hybridized carbons (Fsp3) is 0.733. The van der Waals surface area contributed by atoms with E-state index >= 15 is 0 Å². The summed E-state index contributed by atoms with van der Waals surface area (Å²) in [5, 5.41) is 3.00. The Hall–Kier alpha value is -1.36. The van der Waals surface area contributed by atoms with Crippen LogP contribution in [0, 0.1) is 6.92 Å². The van der Waals surface area contributed by atoms with Crippen molar-refractivity contribution in [2.45, 2.75) is 64.0 Å². The molecule has 3 N–H and O–H groups in total. The highest BCUT2D eigenvalue weighted by atomic mass is 16.2. The van der Waals surface area contributed by atoms with Gasteiger partial charge in [-0.1, -0.05) is 19.3 Å². The molecule has 0 aromatic carbocycles. The lowest BCUT2D eigenvalue weighted by molar-refractivity contribution is -0.127. The Bertz CT molecular complexity index is 435. The maximum atomic E-state index is 12.1. The maximum Gasteiger partial charge on any atom is 0.240 e. The first-order valence-electron chi connectivity index (χ1n) is 7.67. The first-order valence-corrected chi connectivity index (χ1v) is 7.67. The van der Waals surface area contributed by atoms with Crippen LogP contribution in [-0.4, -0.2) is 27.5 Å². The normalized spacial score (nSPS) is 17.9. The molecule has 0 atom stereocenters. The van der Waals surface area contributed by atoms with Crippen LogP contribution in [-0.2, 0) is 11.3 Å². The minimum absolute atomic E-state index is 0.0380. The number of nitrogens with zero attached hydrogens (tertiary/aromatic N) is 2. The Balaban J connectivity index is 1.63. The summed E-state index contributed by atoms with van der Waals surface area (Å²) >= 11 is 0. The predicted molar refractivity (Wildman–Crippen MR) is 79.2 cm³/mol. The quantitative estimate of drug-likeness (QED) is 0.779. The Morgan fingerprint density at radius 1 is 1.40 bits per heavy atom. The molecule has 0 spiro atoms. The Labute approximate surface area is 120 Å². The average molecular weight is 278 g/mol. The van der Waals surface area contributed by atoms with Crippen molar-refractivity contribution in [1.29, 1.82) is 0 Å². The molecule has 0 aliphatic heterocycles. The molecule has 1 heterocycles. The Morgan fingerprint density at radius 3 is 2.80 bits per heavy atom. The number of amides is 1. The zero-order chi connectivity index (χ0) is 14.4. The third-order valence-corrected chi connectivity index (χ3v) is 4.23. The largest absolute Gasteiger partial charge is 0.355 e. The predicted octanol–water partition coefficient (Wildman–Crippen LogP) is 1.75. The number of rotatable bonds is 6. The van der Waals surface area contributed by atoms with E-state index in [-0.39, 0.29) is 5.91 Å². The zero-order valence-electron chi connectivity index (χ0n) is 12.4. The number of hydrogen-bond acceptors (Lipinski definition) is 3. The number of aryl methyl sites for hydroxylation is 2. The van der Waals surface area contributed by atoms with Crippen LogP contribution in [0.3, 0.4) is 0 Å². The summed E-state index contributed by atoms with van der Waals surface area (Å²) in [7, 11) is 0. The molecular weight excluding hydrogens is 252 g/mol. The minimum Gasteiger partial charge on any atom is -0.355 e. The van der Waals surface area contributed by atoms with Crippen LogP contribution in [0.2, 0.25) is 0 Å². The van der Waals surface area contributed by atoms with Crippen molar-refractivity contribution in [3.05, 3.63) is 18.2 Å². The van der Waals surface area contributed by atoms with Gasteiger partial charge < -0.3 is 15.6 Å². The van der Waals surface area contributed by atoms with Gasteiger partial charge in [0.1, 0.15) is 5.82 Å². The molecule has 1 aromatic rings. The van der Waals surface area contributed by atoms with Crippen molar-refractivity contribution in [3.8, 4) is 0 Å². The van der Waals surface area contributed by atoms with E-state index in [1.54, 1.807) is 0 Å². The number of carbonyl (C=O) groups excluding carboxylic acids is 1. The molecule has 5 heteroatoms. The van der Waals surface area contributed by atoms with Gasteiger partial charge >= 0.3 is 0 Å². The molecule has 0 saturated heterocycles. The third kappa shape index (κ3) is 3.82. The van der Waals surface area contributed by atoms with Gasteiger partial charge in [-0.05, 0) is 32.6 Å². The fourth-order valence-electron chi connectivity index (χ4n) is 2.83. The van der Waals surface area contributed by atoms with Crippen molar-refractivity contribution >= 4 is 5.91 Å². The Morgan fingerprint density at radius 2 is 2.15 bits per heavy atom. The van der Waals surface area contributed by atoms with Gasteiger partial charge in [0.15, 0.2) is 0 Å². The molecular formula is C15H26N4O. The molecule has 1 aliphatic carbocycles. The average Bonchev–Trinajstić information content (AvgIpc) is 2.84. The number of nitrogens with one attached hydrogen (secondary N) is 1. The van der Waals surface area contributed by atoms with E-state index in [0.29, 0.717) is 6.54 Å². The lowest BCUT2D eigenvalue weighted by Crippen LogP contribution is -2.55. The van der Waals surface area contributed by atoms with Crippen LogP contribution in [0.4, 0.5) is 0 Å². The van der Waals surface area contributed by atoms with Crippen molar-refractivity contribution in [2.75, 3.05) is 6.54 Å². The SMILES string of the molecule is Cc1nccn1CCCCNC(=O)C1(N)CCCCC1. The lowest BCUT2D eigenvalue weighted by Gasteiger charge is -2.31. The molecule has 1 aromatic heterocycles. The molecule has 2 rings (SSSR count). The molecule has 0 radical (unpaired) electrons. The van der Waals surface area contributed by atoms with E-state index in [1.807, 2.05) is 19.3 Å². The van der Waals surface area contributed by atoms with E-state index < -0.39 is 5.54 Å². The lowest BCUT2D eigenvalue weighted by atomic mass is 9.82. The highest BCUT2D eigenvalue weighted by Gasteiger charge is 2.34. The van der Waals surface area contributed by atoms with Crippen LogP contribution in [0.25, 0.3) is 0 Å². The van der Waals surface area contributed by atoms with Crippen LogP contribution >= 0.6 is 0 Å². The number of nitrogens with two attached hydrogens (primary N) is 1. The van der Waals surface area contributed by atoms with Gasteiger partial charge in [0.25, 0.3) is 0 Å². The van der Waals surface area contributed by atoms with Crippen LogP contribution in [0.5, 0.6) is 0 Å². The van der Waals surface area contributed by atoms with Crippen molar-refractivity contribution < 1.29 is 4.79 Å². The maximum absolute atomic E-state index is 12.1. The second-order valence-electron chi connectivity index (χ2n) is 5.85. The molecule has 1 fully saturated rings. The highest BCUT2D eigenvalue weighted by Crippen LogP contribution is 2.25. The van der Waals surface area contributed by atoms with E-state index in [9.17, 15) is 4.79 Å². The topological polar surface area (TPSA) is 72.9 Å². The van der Waals surface area contributed by atoms with Gasteiger partial charge in [0.05, 0.1) is 5.54 Å². The van der Waals surface area contributed by atoms with Gasteiger partial charge in [0, 0.05) is 25.5 Å². The highest BCUT2D eigenvalue weighted by molar-refractivity contribution is 5.86.